The highest BCUT2D eigenvalue weighted by molar-refractivity contribution is 7.92. The van der Waals surface area contributed by atoms with E-state index >= 15 is 4.39 Å². The molecule has 0 radical (unpaired) electrons. The Morgan fingerprint density at radius 3 is 2.20 bits per heavy atom. The first-order valence-corrected chi connectivity index (χ1v) is 16.9. The van der Waals surface area contributed by atoms with Crippen LogP contribution in [0.25, 0.3) is 0 Å². The molecule has 4 aromatic carbocycles. The van der Waals surface area contributed by atoms with Crippen LogP contribution in [0.1, 0.15) is 36.1 Å². The number of halogens is 2. The number of aryl methyl sites for hydroxylation is 2. The van der Waals surface area contributed by atoms with Gasteiger partial charge >= 0.3 is 0 Å². The van der Waals surface area contributed by atoms with E-state index in [2.05, 4.69) is 5.32 Å². The molecule has 0 aliphatic rings. The first-order chi connectivity index (χ1) is 21.9. The van der Waals surface area contributed by atoms with Gasteiger partial charge in [0.15, 0.2) is 0 Å². The van der Waals surface area contributed by atoms with Gasteiger partial charge in [-0.25, -0.2) is 12.8 Å². The highest BCUT2D eigenvalue weighted by Gasteiger charge is 2.35. The van der Waals surface area contributed by atoms with Gasteiger partial charge in [-0.2, -0.15) is 0 Å². The van der Waals surface area contributed by atoms with Crippen LogP contribution in [0.15, 0.2) is 102 Å². The topological polar surface area (TPSA) is 86.8 Å². The average molecular weight is 664 g/mol. The number of nitrogens with one attached hydrogen (secondary N) is 1. The largest absolute Gasteiger partial charge is 0.354 e. The Balaban J connectivity index is 1.84. The Morgan fingerprint density at radius 1 is 0.891 bits per heavy atom. The van der Waals surface area contributed by atoms with E-state index in [1.54, 1.807) is 49.4 Å². The second-order valence-corrected chi connectivity index (χ2v) is 14.0. The number of anilines is 1. The van der Waals surface area contributed by atoms with Crippen LogP contribution in [0.5, 0.6) is 0 Å². The van der Waals surface area contributed by atoms with Crippen LogP contribution in [-0.2, 0) is 32.6 Å². The number of rotatable bonds is 13. The number of amides is 2. The van der Waals surface area contributed by atoms with E-state index in [0.717, 1.165) is 15.4 Å². The number of sulfonamides is 1. The number of carbonyl (C=O) groups is 2. The van der Waals surface area contributed by atoms with E-state index in [9.17, 15) is 18.0 Å². The van der Waals surface area contributed by atoms with Crippen LogP contribution in [0.3, 0.4) is 0 Å². The third-order valence-electron chi connectivity index (χ3n) is 7.58. The fourth-order valence-corrected chi connectivity index (χ4v) is 6.63. The summed E-state index contributed by atoms with van der Waals surface area (Å²) in [4.78, 5) is 29.6. The van der Waals surface area contributed by atoms with Gasteiger partial charge in [0.1, 0.15) is 18.4 Å². The molecule has 0 bridgehead atoms. The van der Waals surface area contributed by atoms with Crippen LogP contribution in [0.2, 0.25) is 5.02 Å². The minimum Gasteiger partial charge on any atom is -0.354 e. The third kappa shape index (κ3) is 8.73. The van der Waals surface area contributed by atoms with Crippen molar-refractivity contribution in [1.29, 1.82) is 0 Å². The summed E-state index contributed by atoms with van der Waals surface area (Å²) in [7, 11) is -4.29. The monoisotopic (exact) mass is 663 g/mol. The molecule has 0 aliphatic heterocycles. The minimum absolute atomic E-state index is 0.0126. The Bertz CT molecular complexity index is 1770. The second-order valence-electron chi connectivity index (χ2n) is 11.7. The predicted molar refractivity (Wildman–Crippen MR) is 181 cm³/mol. The second kappa shape index (κ2) is 15.4. The van der Waals surface area contributed by atoms with Gasteiger partial charge in [0.05, 0.1) is 10.6 Å². The van der Waals surface area contributed by atoms with E-state index in [4.69, 9.17) is 11.6 Å². The molecule has 0 saturated heterocycles. The van der Waals surface area contributed by atoms with Crippen LogP contribution in [-0.4, -0.2) is 44.3 Å². The van der Waals surface area contributed by atoms with Crippen molar-refractivity contribution in [3.63, 3.8) is 0 Å². The van der Waals surface area contributed by atoms with Crippen molar-refractivity contribution >= 4 is 39.1 Å². The molecule has 4 rings (SSSR count). The summed E-state index contributed by atoms with van der Waals surface area (Å²) in [5.74, 6) is -1.51. The lowest BCUT2D eigenvalue weighted by Gasteiger charge is -2.34. The summed E-state index contributed by atoms with van der Waals surface area (Å²) in [6.07, 6.45) is 0.131. The molecule has 10 heteroatoms. The van der Waals surface area contributed by atoms with Gasteiger partial charge in [0, 0.05) is 30.1 Å². The number of nitrogens with zero attached hydrogens (tertiary/aromatic N) is 2. The van der Waals surface area contributed by atoms with Crippen LogP contribution >= 0.6 is 11.6 Å². The minimum atomic E-state index is -4.29. The van der Waals surface area contributed by atoms with Gasteiger partial charge < -0.3 is 10.2 Å². The normalized spacial score (nSPS) is 12.1. The summed E-state index contributed by atoms with van der Waals surface area (Å²) >= 11 is 6.33. The summed E-state index contributed by atoms with van der Waals surface area (Å²) in [6, 6.07) is 25.3. The van der Waals surface area contributed by atoms with Gasteiger partial charge in [-0.15, -0.1) is 0 Å². The Hall–Kier alpha value is -4.21. The first kappa shape index (κ1) is 34.7. The van der Waals surface area contributed by atoms with E-state index in [1.807, 2.05) is 51.1 Å². The highest BCUT2D eigenvalue weighted by atomic mass is 35.5. The molecule has 0 saturated carbocycles. The molecular formula is C36H39ClFN3O4S. The van der Waals surface area contributed by atoms with Crippen LogP contribution < -0.4 is 9.62 Å². The smallest absolute Gasteiger partial charge is 0.264 e. The van der Waals surface area contributed by atoms with Crippen molar-refractivity contribution in [2.24, 2.45) is 5.92 Å². The zero-order chi connectivity index (χ0) is 33.4. The first-order valence-electron chi connectivity index (χ1n) is 15.1. The predicted octanol–water partition coefficient (Wildman–Crippen LogP) is 6.70. The zero-order valence-corrected chi connectivity index (χ0v) is 28.0. The fraction of sp³-hybridized carbons (Fsp3) is 0.278. The Morgan fingerprint density at radius 2 is 1.54 bits per heavy atom. The number of carbonyl (C=O) groups excluding carboxylic acids is 2. The van der Waals surface area contributed by atoms with Gasteiger partial charge in [0.2, 0.25) is 11.8 Å². The molecule has 4 aromatic rings. The highest BCUT2D eigenvalue weighted by Crippen LogP contribution is 2.30. The van der Waals surface area contributed by atoms with Crippen molar-refractivity contribution in [3.8, 4) is 0 Å². The van der Waals surface area contributed by atoms with Crippen molar-refractivity contribution in [1.82, 2.24) is 10.2 Å². The SMILES string of the molecule is Cc1ccc(S(=O)(=O)N(CC(=O)N(Cc2ccccc2F)[C@H](Cc2ccccc2)C(=O)NCC(C)C)c2cc(Cl)ccc2C)cc1. The van der Waals surface area contributed by atoms with Crippen molar-refractivity contribution < 1.29 is 22.4 Å². The van der Waals surface area contributed by atoms with E-state index in [0.29, 0.717) is 12.1 Å². The molecular weight excluding hydrogens is 625 g/mol. The molecule has 2 amide bonds. The molecule has 0 spiro atoms. The molecule has 0 heterocycles. The maximum Gasteiger partial charge on any atom is 0.264 e. The van der Waals surface area contributed by atoms with Gasteiger partial charge in [-0.1, -0.05) is 97.7 Å². The summed E-state index contributed by atoms with van der Waals surface area (Å²) < 4.78 is 44.5. The van der Waals surface area contributed by atoms with E-state index in [-0.39, 0.29) is 40.1 Å². The standard InChI is InChI=1S/C36H39ClFN3O4S/c1-25(2)22-39-36(43)34(20-28-10-6-5-7-11-28)40(23-29-12-8-9-13-32(29)38)35(42)24-41(33-21-30(37)17-16-27(33)4)46(44,45)31-18-14-26(3)15-19-31/h5-19,21,25,34H,20,22-24H2,1-4H3,(H,39,43)/t34-/m1/s1. The third-order valence-corrected chi connectivity index (χ3v) is 9.59. The van der Waals surface area contributed by atoms with E-state index < -0.39 is 40.2 Å². The van der Waals surface area contributed by atoms with Crippen LogP contribution in [0, 0.1) is 25.6 Å². The molecule has 242 valence electrons. The lowest BCUT2D eigenvalue weighted by Crippen LogP contribution is -2.54. The summed E-state index contributed by atoms with van der Waals surface area (Å²) in [5.41, 5.74) is 2.64. The molecule has 0 unspecified atom stereocenters. The van der Waals surface area contributed by atoms with Crippen molar-refractivity contribution in [2.45, 2.75) is 51.6 Å². The van der Waals surface area contributed by atoms with Gasteiger partial charge in [-0.05, 0) is 61.2 Å². The number of hydrogen-bond acceptors (Lipinski definition) is 4. The fourth-order valence-electron chi connectivity index (χ4n) is 4.99. The van der Waals surface area contributed by atoms with Crippen molar-refractivity contribution in [2.75, 3.05) is 17.4 Å². The zero-order valence-electron chi connectivity index (χ0n) is 26.4. The van der Waals surface area contributed by atoms with Gasteiger partial charge in [-0.3, -0.25) is 13.9 Å². The van der Waals surface area contributed by atoms with Crippen LogP contribution in [0.4, 0.5) is 10.1 Å². The molecule has 0 aromatic heterocycles. The van der Waals surface area contributed by atoms with Crippen molar-refractivity contribution in [3.05, 3.63) is 130 Å². The lowest BCUT2D eigenvalue weighted by molar-refractivity contribution is -0.140. The molecule has 1 atom stereocenters. The maximum absolute atomic E-state index is 15.1. The number of benzene rings is 4. The average Bonchev–Trinajstić information content (AvgIpc) is 3.03. The number of hydrogen-bond donors (Lipinski definition) is 1. The molecule has 0 aliphatic carbocycles. The molecule has 1 N–H and O–H groups in total. The Kier molecular flexibility index (Phi) is 11.6. The molecule has 46 heavy (non-hydrogen) atoms. The summed E-state index contributed by atoms with van der Waals surface area (Å²) in [6.45, 7) is 6.92. The Labute approximate surface area is 276 Å². The molecule has 0 fully saturated rings. The molecule has 7 nitrogen and oxygen atoms in total. The van der Waals surface area contributed by atoms with E-state index in [1.165, 1.54) is 29.2 Å². The maximum atomic E-state index is 15.1. The van der Waals surface area contributed by atoms with Gasteiger partial charge in [0.25, 0.3) is 10.0 Å². The summed E-state index contributed by atoms with van der Waals surface area (Å²) in [5, 5.41) is 3.21. The lowest BCUT2D eigenvalue weighted by atomic mass is 10.0. The quantitative estimate of drug-likeness (QED) is 0.172.